The van der Waals surface area contributed by atoms with Crippen LogP contribution in [0.25, 0.3) is 0 Å². The quantitative estimate of drug-likeness (QED) is 0.641. The molecule has 3 atom stereocenters. The Morgan fingerprint density at radius 1 is 1.12 bits per heavy atom. The molecule has 0 saturated carbocycles. The summed E-state index contributed by atoms with van der Waals surface area (Å²) >= 11 is 0. The minimum absolute atomic E-state index is 0.0110. The van der Waals surface area contributed by atoms with Crippen LogP contribution in [0.4, 0.5) is 0 Å². The predicted molar refractivity (Wildman–Crippen MR) is 117 cm³/mol. The van der Waals surface area contributed by atoms with Crippen molar-refractivity contribution in [2.75, 3.05) is 6.61 Å². The third-order valence-electron chi connectivity index (χ3n) is 5.81. The monoisotopic (exact) mass is 455 g/mol. The van der Waals surface area contributed by atoms with E-state index in [0.29, 0.717) is 6.42 Å². The molecule has 2 aliphatic heterocycles. The molecule has 0 bridgehead atoms. The van der Waals surface area contributed by atoms with Gasteiger partial charge in [-0.1, -0.05) is 48.0 Å². The lowest BCUT2D eigenvalue weighted by atomic mass is 9.78. The summed E-state index contributed by atoms with van der Waals surface area (Å²) < 4.78 is 39.2. The van der Waals surface area contributed by atoms with E-state index < -0.39 is 28.2 Å². The second kappa shape index (κ2) is 8.78. The summed E-state index contributed by atoms with van der Waals surface area (Å²) in [4.78, 5) is 25.2. The van der Waals surface area contributed by atoms with Crippen LogP contribution in [0.2, 0.25) is 0 Å². The number of aryl methyl sites for hydroxylation is 1. The Labute approximate surface area is 187 Å². The highest BCUT2D eigenvalue weighted by atomic mass is 32.2. The third kappa shape index (κ3) is 4.02. The first-order valence-electron chi connectivity index (χ1n) is 10.6. The first-order chi connectivity index (χ1) is 15.3. The number of carbonyl (C=O) groups excluding carboxylic acids is 2. The van der Waals surface area contributed by atoms with Crippen molar-refractivity contribution in [3.05, 3.63) is 77.5 Å². The standard InChI is InChI=1S/C24H25NO6S/c1-3-30-24(27)21-15-20(17-7-5-4-6-8-17)19-13-14-22(26)31-23(19)25(21)32(28,29)18-11-9-16(2)10-12-18/h4-12,15,19-20,23H,3,13-14H2,1-2H3/t19-,20-,23-/m1/s1. The topological polar surface area (TPSA) is 90.0 Å². The molecule has 4 rings (SSSR count). The van der Waals surface area contributed by atoms with Gasteiger partial charge in [-0.05, 0) is 44.0 Å². The normalized spacial score (nSPS) is 23.1. The average Bonchev–Trinajstić information content (AvgIpc) is 2.78. The van der Waals surface area contributed by atoms with Gasteiger partial charge in [0.2, 0.25) is 0 Å². The van der Waals surface area contributed by atoms with Gasteiger partial charge in [0.1, 0.15) is 5.70 Å². The minimum atomic E-state index is -4.20. The van der Waals surface area contributed by atoms with Crippen molar-refractivity contribution in [3.8, 4) is 0 Å². The summed E-state index contributed by atoms with van der Waals surface area (Å²) in [5.74, 6) is -1.91. The fourth-order valence-corrected chi connectivity index (χ4v) is 5.84. The minimum Gasteiger partial charge on any atom is -0.461 e. The highest BCUT2D eigenvalue weighted by Gasteiger charge is 2.50. The van der Waals surface area contributed by atoms with E-state index >= 15 is 0 Å². The molecule has 0 radical (unpaired) electrons. The zero-order valence-electron chi connectivity index (χ0n) is 17.9. The molecule has 0 N–H and O–H groups in total. The second-order valence-corrected chi connectivity index (χ2v) is 9.72. The molecule has 2 aromatic rings. The van der Waals surface area contributed by atoms with Crippen LogP contribution in [0.3, 0.4) is 0 Å². The van der Waals surface area contributed by atoms with Gasteiger partial charge in [0.25, 0.3) is 10.0 Å². The van der Waals surface area contributed by atoms with Gasteiger partial charge in [-0.2, -0.15) is 0 Å². The molecule has 8 heteroatoms. The van der Waals surface area contributed by atoms with E-state index in [1.54, 1.807) is 25.1 Å². The van der Waals surface area contributed by atoms with Gasteiger partial charge in [0, 0.05) is 18.3 Å². The number of benzene rings is 2. The number of nitrogens with zero attached hydrogens (tertiary/aromatic N) is 1. The molecule has 0 aliphatic carbocycles. The highest BCUT2D eigenvalue weighted by Crippen LogP contribution is 2.45. The number of sulfonamides is 1. The van der Waals surface area contributed by atoms with Gasteiger partial charge in [0.05, 0.1) is 11.5 Å². The van der Waals surface area contributed by atoms with Crippen LogP contribution in [0.15, 0.2) is 71.3 Å². The Morgan fingerprint density at radius 2 is 1.81 bits per heavy atom. The molecular formula is C24H25NO6S. The van der Waals surface area contributed by atoms with Crippen molar-refractivity contribution >= 4 is 22.0 Å². The van der Waals surface area contributed by atoms with E-state index in [1.165, 1.54) is 12.1 Å². The first kappa shape index (κ1) is 22.1. The van der Waals surface area contributed by atoms with Gasteiger partial charge in [-0.3, -0.25) is 4.79 Å². The van der Waals surface area contributed by atoms with Gasteiger partial charge < -0.3 is 9.47 Å². The molecule has 2 aromatic carbocycles. The van der Waals surface area contributed by atoms with Crippen LogP contribution in [0.5, 0.6) is 0 Å². The Kier molecular flexibility index (Phi) is 6.06. The van der Waals surface area contributed by atoms with E-state index in [0.717, 1.165) is 15.4 Å². The fraction of sp³-hybridized carbons (Fsp3) is 0.333. The number of fused-ring (bicyclic) bond motifs is 1. The number of hydrogen-bond donors (Lipinski definition) is 0. The smallest absolute Gasteiger partial charge is 0.355 e. The molecule has 2 aliphatic rings. The van der Waals surface area contributed by atoms with Crippen molar-refractivity contribution < 1.29 is 27.5 Å². The average molecular weight is 456 g/mol. The maximum Gasteiger partial charge on any atom is 0.355 e. The summed E-state index contributed by atoms with van der Waals surface area (Å²) in [7, 11) is -4.20. The molecule has 2 heterocycles. The lowest BCUT2D eigenvalue weighted by Crippen LogP contribution is -2.54. The van der Waals surface area contributed by atoms with E-state index in [9.17, 15) is 18.0 Å². The Bertz CT molecular complexity index is 1140. The summed E-state index contributed by atoms with van der Waals surface area (Å²) in [6.45, 7) is 3.58. The molecule has 0 spiro atoms. The van der Waals surface area contributed by atoms with Gasteiger partial charge in [-0.15, -0.1) is 0 Å². The van der Waals surface area contributed by atoms with Gasteiger partial charge in [-0.25, -0.2) is 17.5 Å². The zero-order chi connectivity index (χ0) is 22.9. The Morgan fingerprint density at radius 3 is 2.47 bits per heavy atom. The molecule has 168 valence electrons. The van der Waals surface area contributed by atoms with Crippen molar-refractivity contribution in [2.24, 2.45) is 5.92 Å². The van der Waals surface area contributed by atoms with Crippen molar-refractivity contribution in [1.82, 2.24) is 4.31 Å². The largest absolute Gasteiger partial charge is 0.461 e. The lowest BCUT2D eigenvalue weighted by Gasteiger charge is -2.45. The summed E-state index contributed by atoms with van der Waals surface area (Å²) in [6.07, 6.45) is 1.12. The van der Waals surface area contributed by atoms with Crippen molar-refractivity contribution in [2.45, 2.75) is 43.7 Å². The first-order valence-corrected chi connectivity index (χ1v) is 12.0. The number of esters is 2. The molecule has 1 fully saturated rings. The molecular weight excluding hydrogens is 430 g/mol. The number of hydrogen-bond acceptors (Lipinski definition) is 6. The second-order valence-electron chi connectivity index (χ2n) is 7.91. The summed E-state index contributed by atoms with van der Waals surface area (Å²) in [5.41, 5.74) is 1.67. The van der Waals surface area contributed by atoms with Crippen molar-refractivity contribution in [3.63, 3.8) is 0 Å². The van der Waals surface area contributed by atoms with E-state index in [1.807, 2.05) is 37.3 Å². The SMILES string of the molecule is CCOC(=O)C1=C[C@H](c2ccccc2)[C@H]2CCC(=O)O[C@H]2N1S(=O)(=O)c1ccc(C)cc1. The molecule has 0 amide bonds. The number of rotatable bonds is 5. The predicted octanol–water partition coefficient (Wildman–Crippen LogP) is 3.51. The number of ether oxygens (including phenoxy) is 2. The molecule has 0 aromatic heterocycles. The van der Waals surface area contributed by atoms with Gasteiger partial charge in [0.15, 0.2) is 6.23 Å². The molecule has 0 unspecified atom stereocenters. The Balaban J connectivity index is 1.90. The number of carbonyl (C=O) groups is 2. The highest BCUT2D eigenvalue weighted by molar-refractivity contribution is 7.89. The molecule has 7 nitrogen and oxygen atoms in total. The van der Waals surface area contributed by atoms with Crippen molar-refractivity contribution in [1.29, 1.82) is 0 Å². The third-order valence-corrected chi connectivity index (χ3v) is 7.60. The summed E-state index contributed by atoms with van der Waals surface area (Å²) in [6, 6.07) is 15.8. The van der Waals surface area contributed by atoms with Crippen LogP contribution in [-0.4, -0.2) is 37.5 Å². The molecule has 1 saturated heterocycles. The molecule has 32 heavy (non-hydrogen) atoms. The Hall–Kier alpha value is -3.13. The van der Waals surface area contributed by atoms with E-state index in [-0.39, 0.29) is 35.5 Å². The van der Waals surface area contributed by atoms with Crippen LogP contribution in [0, 0.1) is 12.8 Å². The number of allylic oxidation sites excluding steroid dienone is 1. The van der Waals surface area contributed by atoms with E-state index in [4.69, 9.17) is 9.47 Å². The zero-order valence-corrected chi connectivity index (χ0v) is 18.7. The maximum atomic E-state index is 13.7. The summed E-state index contributed by atoms with van der Waals surface area (Å²) in [5, 5.41) is 0. The van der Waals surface area contributed by atoms with Crippen LogP contribution in [-0.2, 0) is 29.1 Å². The van der Waals surface area contributed by atoms with Crippen LogP contribution in [0.1, 0.15) is 36.8 Å². The maximum absolute atomic E-state index is 13.7. The van der Waals surface area contributed by atoms with Gasteiger partial charge >= 0.3 is 11.9 Å². The van der Waals surface area contributed by atoms with Crippen LogP contribution < -0.4 is 0 Å². The lowest BCUT2D eigenvalue weighted by molar-refractivity contribution is -0.170. The van der Waals surface area contributed by atoms with Crippen LogP contribution >= 0.6 is 0 Å². The fourth-order valence-electron chi connectivity index (χ4n) is 4.26. The van der Waals surface area contributed by atoms with E-state index in [2.05, 4.69) is 0 Å².